The van der Waals surface area contributed by atoms with Gasteiger partial charge in [0.05, 0.1) is 6.54 Å². The molecule has 1 N–H and O–H groups in total. The van der Waals surface area contributed by atoms with Crippen LogP contribution in [0.15, 0.2) is 4.52 Å². The molecule has 1 heterocycles. The van der Waals surface area contributed by atoms with Crippen LogP contribution in [0.2, 0.25) is 0 Å². The molecule has 1 aromatic rings. The molecule has 1 aromatic heterocycles. The van der Waals surface area contributed by atoms with Crippen molar-refractivity contribution in [2.75, 3.05) is 27.2 Å². The highest BCUT2D eigenvalue weighted by Crippen LogP contribution is 1.97. The van der Waals surface area contributed by atoms with Crippen molar-refractivity contribution >= 4 is 0 Å². The summed E-state index contributed by atoms with van der Waals surface area (Å²) < 4.78 is 4.87. The molecule has 0 spiro atoms. The molecule has 0 bridgehead atoms. The van der Waals surface area contributed by atoms with Crippen LogP contribution in [0.4, 0.5) is 0 Å². The maximum atomic E-state index is 4.87. The number of nitrogens with zero attached hydrogens (tertiary/aromatic N) is 3. The van der Waals surface area contributed by atoms with Gasteiger partial charge in [0.1, 0.15) is 0 Å². The SMILES string of the molecule is CNCCN(C)Cc1noc(C)n1. The predicted molar refractivity (Wildman–Crippen MR) is 49.3 cm³/mol. The first kappa shape index (κ1) is 10.1. The van der Waals surface area contributed by atoms with E-state index in [1.807, 2.05) is 14.1 Å². The van der Waals surface area contributed by atoms with Crippen LogP contribution in [0.25, 0.3) is 0 Å². The lowest BCUT2D eigenvalue weighted by Crippen LogP contribution is -2.27. The molecule has 0 aliphatic rings. The largest absolute Gasteiger partial charge is 0.340 e. The predicted octanol–water partition coefficient (Wildman–Crippen LogP) is 0.0292. The highest BCUT2D eigenvalue weighted by Gasteiger charge is 2.05. The second kappa shape index (κ2) is 4.94. The minimum absolute atomic E-state index is 0.622. The van der Waals surface area contributed by atoms with Gasteiger partial charge in [0, 0.05) is 20.0 Å². The van der Waals surface area contributed by atoms with E-state index in [1.54, 1.807) is 6.92 Å². The second-order valence-corrected chi connectivity index (χ2v) is 3.07. The summed E-state index contributed by atoms with van der Waals surface area (Å²) in [4.78, 5) is 6.26. The van der Waals surface area contributed by atoms with Crippen molar-refractivity contribution < 1.29 is 4.52 Å². The third-order valence-corrected chi connectivity index (χ3v) is 1.72. The lowest BCUT2D eigenvalue weighted by Gasteiger charge is -2.13. The zero-order valence-corrected chi connectivity index (χ0v) is 8.37. The van der Waals surface area contributed by atoms with Crippen LogP contribution in [0.5, 0.6) is 0 Å². The second-order valence-electron chi connectivity index (χ2n) is 3.07. The van der Waals surface area contributed by atoms with Gasteiger partial charge in [0.15, 0.2) is 5.82 Å². The summed E-state index contributed by atoms with van der Waals surface area (Å²) >= 11 is 0. The molecule has 0 aliphatic carbocycles. The average molecular weight is 184 g/mol. The van der Waals surface area contributed by atoms with Gasteiger partial charge in [-0.25, -0.2) is 0 Å². The molecule has 5 nitrogen and oxygen atoms in total. The van der Waals surface area contributed by atoms with Crippen molar-refractivity contribution in [1.82, 2.24) is 20.4 Å². The summed E-state index contributed by atoms with van der Waals surface area (Å²) in [6, 6.07) is 0. The average Bonchev–Trinajstić information content (AvgIpc) is 2.48. The van der Waals surface area contributed by atoms with Gasteiger partial charge < -0.3 is 9.84 Å². The van der Waals surface area contributed by atoms with Crippen molar-refractivity contribution in [3.05, 3.63) is 11.7 Å². The molecule has 13 heavy (non-hydrogen) atoms. The Bertz CT molecular complexity index is 248. The maximum Gasteiger partial charge on any atom is 0.223 e. The normalized spacial score (nSPS) is 11.1. The lowest BCUT2D eigenvalue weighted by molar-refractivity contribution is 0.309. The van der Waals surface area contributed by atoms with E-state index in [0.29, 0.717) is 5.89 Å². The Hall–Kier alpha value is -0.940. The molecule has 0 atom stereocenters. The van der Waals surface area contributed by atoms with Gasteiger partial charge in [0.25, 0.3) is 0 Å². The molecule has 1 rings (SSSR count). The molecule has 74 valence electrons. The van der Waals surface area contributed by atoms with E-state index in [2.05, 4.69) is 20.4 Å². The molecular formula is C8H16N4O. The van der Waals surface area contributed by atoms with Gasteiger partial charge in [-0.15, -0.1) is 0 Å². The Labute approximate surface area is 78.1 Å². The van der Waals surface area contributed by atoms with Gasteiger partial charge >= 0.3 is 0 Å². The number of rotatable bonds is 5. The summed E-state index contributed by atoms with van der Waals surface area (Å²) in [5.41, 5.74) is 0. The van der Waals surface area contributed by atoms with Gasteiger partial charge in [-0.2, -0.15) is 4.98 Å². The van der Waals surface area contributed by atoms with E-state index in [4.69, 9.17) is 4.52 Å². The summed E-state index contributed by atoms with van der Waals surface area (Å²) in [5, 5.41) is 6.90. The van der Waals surface area contributed by atoms with Crippen LogP contribution in [0, 0.1) is 6.92 Å². The first-order chi connectivity index (χ1) is 6.22. The standard InChI is InChI=1S/C8H16N4O/c1-7-10-8(11-13-7)6-12(3)5-4-9-2/h9H,4-6H2,1-3H3. The Morgan fingerprint density at radius 3 is 2.85 bits per heavy atom. The molecule has 0 amide bonds. The monoisotopic (exact) mass is 184 g/mol. The quantitative estimate of drug-likeness (QED) is 0.699. The van der Waals surface area contributed by atoms with Crippen LogP contribution >= 0.6 is 0 Å². The molecule has 0 unspecified atom stereocenters. The first-order valence-electron chi connectivity index (χ1n) is 4.34. The topological polar surface area (TPSA) is 54.2 Å². The van der Waals surface area contributed by atoms with E-state index < -0.39 is 0 Å². The molecule has 0 fully saturated rings. The number of hydrogen-bond donors (Lipinski definition) is 1. The lowest BCUT2D eigenvalue weighted by atomic mass is 10.5. The van der Waals surface area contributed by atoms with Crippen LogP contribution < -0.4 is 5.32 Å². The third kappa shape index (κ3) is 3.52. The van der Waals surface area contributed by atoms with Crippen molar-refractivity contribution in [3.63, 3.8) is 0 Å². The maximum absolute atomic E-state index is 4.87. The first-order valence-corrected chi connectivity index (χ1v) is 4.34. The zero-order chi connectivity index (χ0) is 9.68. The van der Waals surface area contributed by atoms with E-state index in [9.17, 15) is 0 Å². The van der Waals surface area contributed by atoms with Crippen LogP contribution in [0.3, 0.4) is 0 Å². The fourth-order valence-electron chi connectivity index (χ4n) is 1.03. The van der Waals surface area contributed by atoms with Crippen molar-refractivity contribution in [2.45, 2.75) is 13.5 Å². The third-order valence-electron chi connectivity index (χ3n) is 1.72. The minimum atomic E-state index is 0.622. The van der Waals surface area contributed by atoms with Crippen LogP contribution in [-0.4, -0.2) is 42.2 Å². The fraction of sp³-hybridized carbons (Fsp3) is 0.750. The summed E-state index contributed by atoms with van der Waals surface area (Å²) in [6.07, 6.45) is 0. The van der Waals surface area contributed by atoms with Crippen molar-refractivity contribution in [2.24, 2.45) is 0 Å². The molecule has 0 aliphatic heterocycles. The van der Waals surface area contributed by atoms with E-state index in [0.717, 1.165) is 25.5 Å². The fourth-order valence-corrected chi connectivity index (χ4v) is 1.03. The molecular weight excluding hydrogens is 168 g/mol. The van der Waals surface area contributed by atoms with Gasteiger partial charge in [-0.05, 0) is 14.1 Å². The molecule has 0 aromatic carbocycles. The minimum Gasteiger partial charge on any atom is -0.340 e. The molecule has 0 radical (unpaired) electrons. The molecule has 5 heteroatoms. The van der Waals surface area contributed by atoms with E-state index >= 15 is 0 Å². The van der Waals surface area contributed by atoms with Crippen molar-refractivity contribution in [1.29, 1.82) is 0 Å². The Balaban J connectivity index is 2.31. The summed E-state index contributed by atoms with van der Waals surface area (Å²) in [6.45, 7) is 4.47. The number of aromatic nitrogens is 2. The summed E-state index contributed by atoms with van der Waals surface area (Å²) in [5.74, 6) is 1.37. The highest BCUT2D eigenvalue weighted by atomic mass is 16.5. The Morgan fingerprint density at radius 1 is 1.54 bits per heavy atom. The Morgan fingerprint density at radius 2 is 2.31 bits per heavy atom. The number of aryl methyl sites for hydroxylation is 1. The van der Waals surface area contributed by atoms with E-state index in [1.165, 1.54) is 0 Å². The Kier molecular flexibility index (Phi) is 3.85. The summed E-state index contributed by atoms with van der Waals surface area (Å²) in [7, 11) is 3.97. The van der Waals surface area contributed by atoms with Crippen molar-refractivity contribution in [3.8, 4) is 0 Å². The molecule has 0 saturated heterocycles. The zero-order valence-electron chi connectivity index (χ0n) is 8.37. The van der Waals surface area contributed by atoms with Gasteiger partial charge in [-0.1, -0.05) is 5.16 Å². The number of hydrogen-bond acceptors (Lipinski definition) is 5. The number of likely N-dealkylation sites (N-methyl/N-ethyl adjacent to an activating group) is 2. The van der Waals surface area contributed by atoms with Crippen LogP contribution in [-0.2, 0) is 6.54 Å². The smallest absolute Gasteiger partial charge is 0.223 e. The van der Waals surface area contributed by atoms with Gasteiger partial charge in [0.2, 0.25) is 5.89 Å². The highest BCUT2D eigenvalue weighted by molar-refractivity contribution is 4.83. The van der Waals surface area contributed by atoms with Gasteiger partial charge in [-0.3, -0.25) is 4.90 Å². The van der Waals surface area contributed by atoms with Crippen LogP contribution in [0.1, 0.15) is 11.7 Å². The number of nitrogens with one attached hydrogen (secondary N) is 1. The van der Waals surface area contributed by atoms with E-state index in [-0.39, 0.29) is 0 Å². The molecule has 0 saturated carbocycles.